The number of amides is 1. The van der Waals surface area contributed by atoms with Crippen LogP contribution in [0.1, 0.15) is 23.2 Å². The highest BCUT2D eigenvalue weighted by Crippen LogP contribution is 2.42. The molecule has 19 heavy (non-hydrogen) atoms. The molecular weight excluding hydrogens is 260 g/mol. The van der Waals surface area contributed by atoms with E-state index >= 15 is 0 Å². The number of rotatable bonds is 3. The Kier molecular flexibility index (Phi) is 3.38. The predicted octanol–water partition coefficient (Wildman–Crippen LogP) is 3.27. The largest absolute Gasteiger partial charge is 0.272 e. The molecule has 2 aliphatic carbocycles. The van der Waals surface area contributed by atoms with E-state index in [9.17, 15) is 4.79 Å². The van der Waals surface area contributed by atoms with Gasteiger partial charge in [-0.05, 0) is 36.8 Å². The van der Waals surface area contributed by atoms with Gasteiger partial charge < -0.3 is 0 Å². The van der Waals surface area contributed by atoms with E-state index in [0.29, 0.717) is 28.3 Å². The fraction of sp³-hybridized carbons (Fsp3) is 0.333. The van der Waals surface area contributed by atoms with Crippen molar-refractivity contribution in [1.29, 1.82) is 0 Å². The molecule has 1 saturated carbocycles. The average molecular weight is 275 g/mol. The molecule has 1 aromatic carbocycles. The zero-order valence-corrected chi connectivity index (χ0v) is 11.2. The monoisotopic (exact) mass is 274 g/mol. The van der Waals surface area contributed by atoms with Gasteiger partial charge in [-0.25, -0.2) is 5.43 Å². The van der Waals surface area contributed by atoms with Gasteiger partial charge >= 0.3 is 0 Å². The zero-order chi connectivity index (χ0) is 13.2. The summed E-state index contributed by atoms with van der Waals surface area (Å²) in [5.74, 6) is 1.51. The maximum atomic E-state index is 11.9. The molecule has 3 atom stereocenters. The van der Waals surface area contributed by atoms with Crippen LogP contribution in [0.2, 0.25) is 5.02 Å². The molecular formula is C15H15ClN2O. The van der Waals surface area contributed by atoms with Crippen molar-refractivity contribution in [2.75, 3.05) is 0 Å². The molecule has 3 rings (SSSR count). The molecule has 2 bridgehead atoms. The summed E-state index contributed by atoms with van der Waals surface area (Å²) < 4.78 is 0. The van der Waals surface area contributed by atoms with E-state index in [2.05, 4.69) is 22.7 Å². The quantitative estimate of drug-likeness (QED) is 0.513. The third-order valence-corrected chi connectivity index (χ3v) is 4.21. The minimum atomic E-state index is -0.263. The summed E-state index contributed by atoms with van der Waals surface area (Å²) in [6.45, 7) is 0. The van der Waals surface area contributed by atoms with Gasteiger partial charge in [0, 0.05) is 12.1 Å². The van der Waals surface area contributed by atoms with Crippen molar-refractivity contribution >= 4 is 23.7 Å². The number of carbonyl (C=O) groups excluding carboxylic acids is 1. The molecule has 1 N–H and O–H groups in total. The van der Waals surface area contributed by atoms with Gasteiger partial charge in [0.1, 0.15) is 0 Å². The van der Waals surface area contributed by atoms with Crippen LogP contribution in [0.5, 0.6) is 0 Å². The van der Waals surface area contributed by atoms with Crippen molar-refractivity contribution < 1.29 is 4.79 Å². The normalized spacial score (nSPS) is 28.2. The van der Waals surface area contributed by atoms with Gasteiger partial charge in [0.15, 0.2) is 0 Å². The number of halogens is 1. The lowest BCUT2D eigenvalue weighted by molar-refractivity contribution is 0.0955. The molecule has 0 saturated heterocycles. The molecule has 3 nitrogen and oxygen atoms in total. The predicted molar refractivity (Wildman–Crippen MR) is 76.3 cm³/mol. The lowest BCUT2D eigenvalue weighted by Crippen LogP contribution is -2.19. The number of allylic oxidation sites excluding steroid dienone is 2. The molecule has 3 unspecified atom stereocenters. The number of carbonyl (C=O) groups is 1. The Balaban J connectivity index is 1.59. The Morgan fingerprint density at radius 2 is 2.16 bits per heavy atom. The van der Waals surface area contributed by atoms with E-state index < -0.39 is 0 Å². The lowest BCUT2D eigenvalue weighted by Gasteiger charge is -2.12. The molecule has 0 heterocycles. The number of hydrazone groups is 1. The van der Waals surface area contributed by atoms with Crippen LogP contribution in [-0.4, -0.2) is 12.1 Å². The van der Waals surface area contributed by atoms with Crippen LogP contribution in [0, 0.1) is 17.8 Å². The fourth-order valence-electron chi connectivity index (χ4n) is 2.89. The molecule has 4 heteroatoms. The van der Waals surface area contributed by atoms with Gasteiger partial charge in [0.2, 0.25) is 0 Å². The van der Waals surface area contributed by atoms with Crippen LogP contribution in [-0.2, 0) is 0 Å². The highest BCUT2D eigenvalue weighted by atomic mass is 35.5. The molecule has 2 aliphatic rings. The molecule has 0 aromatic heterocycles. The topological polar surface area (TPSA) is 41.5 Å². The van der Waals surface area contributed by atoms with Crippen LogP contribution in [0.3, 0.4) is 0 Å². The summed E-state index contributed by atoms with van der Waals surface area (Å²) in [4.78, 5) is 11.9. The Hall–Kier alpha value is -1.61. The second-order valence-corrected chi connectivity index (χ2v) is 5.55. The van der Waals surface area contributed by atoms with Crippen molar-refractivity contribution in [3.8, 4) is 0 Å². The molecule has 1 fully saturated rings. The average Bonchev–Trinajstić information content (AvgIpc) is 3.01. The highest BCUT2D eigenvalue weighted by molar-refractivity contribution is 6.33. The summed E-state index contributed by atoms with van der Waals surface area (Å²) in [6.07, 6.45) is 8.79. The smallest absolute Gasteiger partial charge is 0.267 e. The van der Waals surface area contributed by atoms with Crippen molar-refractivity contribution in [2.24, 2.45) is 22.9 Å². The fourth-order valence-corrected chi connectivity index (χ4v) is 3.11. The van der Waals surface area contributed by atoms with Gasteiger partial charge in [-0.15, -0.1) is 0 Å². The van der Waals surface area contributed by atoms with Gasteiger partial charge in [-0.3, -0.25) is 4.79 Å². The van der Waals surface area contributed by atoms with Gasteiger partial charge in [-0.2, -0.15) is 5.10 Å². The number of hydrogen-bond donors (Lipinski definition) is 1. The van der Waals surface area contributed by atoms with Crippen molar-refractivity contribution in [2.45, 2.75) is 12.8 Å². The van der Waals surface area contributed by atoms with Crippen LogP contribution in [0.25, 0.3) is 0 Å². The minimum Gasteiger partial charge on any atom is -0.267 e. The Morgan fingerprint density at radius 3 is 2.84 bits per heavy atom. The summed E-state index contributed by atoms with van der Waals surface area (Å²) in [6, 6.07) is 6.96. The van der Waals surface area contributed by atoms with Crippen LogP contribution in [0.4, 0.5) is 0 Å². The number of fused-ring (bicyclic) bond motifs is 2. The molecule has 98 valence electrons. The molecule has 0 spiro atoms. The summed E-state index contributed by atoms with van der Waals surface area (Å²) in [5.41, 5.74) is 3.00. The van der Waals surface area contributed by atoms with Crippen LogP contribution < -0.4 is 5.43 Å². The molecule has 0 radical (unpaired) electrons. The van der Waals surface area contributed by atoms with Gasteiger partial charge in [0.25, 0.3) is 5.91 Å². The number of nitrogens with zero attached hydrogens (tertiary/aromatic N) is 1. The van der Waals surface area contributed by atoms with E-state index in [1.165, 1.54) is 6.42 Å². The Labute approximate surface area is 117 Å². The van der Waals surface area contributed by atoms with Crippen LogP contribution in [0.15, 0.2) is 41.5 Å². The first-order valence-electron chi connectivity index (χ1n) is 6.50. The van der Waals surface area contributed by atoms with E-state index in [4.69, 9.17) is 11.6 Å². The SMILES string of the molecule is O=C(N/N=C/C1CC2C=CC1C2)c1ccccc1Cl. The summed E-state index contributed by atoms with van der Waals surface area (Å²) in [7, 11) is 0. The first-order valence-corrected chi connectivity index (χ1v) is 6.88. The van der Waals surface area contributed by atoms with Crippen molar-refractivity contribution in [1.82, 2.24) is 5.43 Å². The number of nitrogens with one attached hydrogen (secondary N) is 1. The van der Waals surface area contributed by atoms with E-state index in [0.717, 1.165) is 6.42 Å². The van der Waals surface area contributed by atoms with Gasteiger partial charge in [0.05, 0.1) is 10.6 Å². The van der Waals surface area contributed by atoms with E-state index in [1.54, 1.807) is 24.3 Å². The van der Waals surface area contributed by atoms with Gasteiger partial charge in [-0.1, -0.05) is 35.9 Å². The molecule has 1 aromatic rings. The molecule has 0 aliphatic heterocycles. The third kappa shape index (κ3) is 2.56. The number of benzene rings is 1. The summed E-state index contributed by atoms with van der Waals surface area (Å²) in [5, 5.41) is 4.52. The first-order chi connectivity index (χ1) is 9.24. The van der Waals surface area contributed by atoms with Crippen molar-refractivity contribution in [3.05, 3.63) is 47.0 Å². The van der Waals surface area contributed by atoms with Crippen LogP contribution >= 0.6 is 11.6 Å². The standard InChI is InChI=1S/C15H15ClN2O/c16-14-4-2-1-3-13(14)15(19)18-17-9-12-8-10-5-6-11(12)7-10/h1-6,9-12H,7-8H2,(H,18,19)/b17-9+. The second-order valence-electron chi connectivity index (χ2n) is 5.14. The second kappa shape index (κ2) is 5.17. The minimum absolute atomic E-state index is 0.263. The maximum Gasteiger partial charge on any atom is 0.272 e. The zero-order valence-electron chi connectivity index (χ0n) is 10.4. The van der Waals surface area contributed by atoms with E-state index in [-0.39, 0.29) is 5.91 Å². The Bertz CT molecular complexity index is 553. The molecule has 1 amide bonds. The third-order valence-electron chi connectivity index (χ3n) is 3.88. The maximum absolute atomic E-state index is 11.9. The first kappa shape index (κ1) is 12.4. The highest BCUT2D eigenvalue weighted by Gasteiger charge is 2.34. The Morgan fingerprint density at radius 1 is 1.32 bits per heavy atom. The number of hydrogen-bond acceptors (Lipinski definition) is 2. The summed E-state index contributed by atoms with van der Waals surface area (Å²) >= 11 is 5.95. The van der Waals surface area contributed by atoms with E-state index in [1.807, 2.05) is 6.21 Å². The van der Waals surface area contributed by atoms with Crippen molar-refractivity contribution in [3.63, 3.8) is 0 Å². The lowest BCUT2D eigenvalue weighted by atomic mass is 9.95.